The van der Waals surface area contributed by atoms with Gasteiger partial charge in [0.15, 0.2) is 6.29 Å². The average molecular weight is 508 g/mol. The first kappa shape index (κ1) is 26.9. The Morgan fingerprint density at radius 3 is 2.16 bits per heavy atom. The second kappa shape index (κ2) is 12.4. The number of carbonyl (C=O) groups is 1. The van der Waals surface area contributed by atoms with Gasteiger partial charge in [-0.2, -0.15) is 0 Å². The molecule has 1 atom stereocenters. The van der Waals surface area contributed by atoms with Crippen LogP contribution in [0.1, 0.15) is 27.4 Å². The molecule has 0 fully saturated rings. The molecule has 5 aromatic rings. The molecule has 0 radical (unpaired) electrons. The number of hydrogen-bond acceptors (Lipinski definition) is 4. The Balaban J connectivity index is 0.000000133. The van der Waals surface area contributed by atoms with Crippen LogP contribution in [0.3, 0.4) is 0 Å². The van der Waals surface area contributed by atoms with Gasteiger partial charge in [0, 0.05) is 98.9 Å². The van der Waals surface area contributed by atoms with Crippen molar-refractivity contribution in [3.05, 3.63) is 102 Å². The zero-order valence-electron chi connectivity index (χ0n) is 22.9. The molecule has 38 heavy (non-hydrogen) atoms. The van der Waals surface area contributed by atoms with Crippen LogP contribution in [0.4, 0.5) is 5.69 Å². The highest BCUT2D eigenvalue weighted by Crippen LogP contribution is 2.33. The summed E-state index contributed by atoms with van der Waals surface area (Å²) in [7, 11) is 9.96. The molecular weight excluding hydrogens is 470 g/mol. The van der Waals surface area contributed by atoms with E-state index in [0.717, 1.165) is 35.8 Å². The van der Waals surface area contributed by atoms with Gasteiger partial charge in [0.25, 0.3) is 0 Å². The van der Waals surface area contributed by atoms with E-state index in [0.29, 0.717) is 5.92 Å². The van der Waals surface area contributed by atoms with Crippen LogP contribution in [0.2, 0.25) is 0 Å². The lowest BCUT2D eigenvalue weighted by Crippen LogP contribution is -2.15. The van der Waals surface area contributed by atoms with Gasteiger partial charge in [0.1, 0.15) is 0 Å². The molecule has 0 saturated carbocycles. The third-order valence-electron chi connectivity index (χ3n) is 6.95. The number of rotatable bonds is 4. The number of nitrogens with one attached hydrogen (secondary N) is 1. The number of fused-ring (bicyclic) bond motifs is 3. The maximum Gasteiger partial charge on any atom is 0.152 e. The van der Waals surface area contributed by atoms with Crippen LogP contribution in [0, 0.1) is 0 Å². The number of nitrogens with zero attached hydrogens (tertiary/aromatic N) is 4. The van der Waals surface area contributed by atoms with Gasteiger partial charge in [-0.05, 0) is 36.4 Å². The minimum absolute atomic E-state index is 0.478. The van der Waals surface area contributed by atoms with E-state index in [-0.39, 0.29) is 0 Å². The lowest BCUT2D eigenvalue weighted by atomic mass is 10.0. The molecule has 6 nitrogen and oxygen atoms in total. The largest absolute Gasteiger partial charge is 0.373 e. The highest BCUT2D eigenvalue weighted by molar-refractivity contribution is 5.97. The second-order valence-electron chi connectivity index (χ2n) is 9.60. The highest BCUT2D eigenvalue weighted by Gasteiger charge is 2.23. The summed E-state index contributed by atoms with van der Waals surface area (Å²) in [6.45, 7) is 1.98. The summed E-state index contributed by atoms with van der Waals surface area (Å²) in [6.07, 6.45) is 6.95. The van der Waals surface area contributed by atoms with Crippen molar-refractivity contribution in [2.45, 2.75) is 12.5 Å². The molecule has 196 valence electrons. The summed E-state index contributed by atoms with van der Waals surface area (Å²) in [5.41, 5.74) is 7.25. The fourth-order valence-corrected chi connectivity index (χ4v) is 5.17. The quantitative estimate of drug-likeness (QED) is 0.247. The van der Waals surface area contributed by atoms with E-state index in [9.17, 15) is 4.79 Å². The van der Waals surface area contributed by atoms with Gasteiger partial charge in [-0.15, -0.1) is 0 Å². The zero-order valence-corrected chi connectivity index (χ0v) is 22.9. The number of aromatic nitrogens is 2. The topological polar surface area (TPSA) is 54.6 Å². The van der Waals surface area contributed by atoms with Gasteiger partial charge in [-0.25, -0.2) is 0 Å². The first-order valence-corrected chi connectivity index (χ1v) is 12.9. The predicted molar refractivity (Wildman–Crippen MR) is 161 cm³/mol. The molecule has 6 heteroatoms. The van der Waals surface area contributed by atoms with E-state index >= 15 is 0 Å². The van der Waals surface area contributed by atoms with Gasteiger partial charge in [0.2, 0.25) is 0 Å². The lowest BCUT2D eigenvalue weighted by molar-refractivity contribution is 0.112. The van der Waals surface area contributed by atoms with Crippen LogP contribution in [0.25, 0.3) is 21.8 Å². The van der Waals surface area contributed by atoms with Gasteiger partial charge >= 0.3 is 0 Å². The molecule has 1 aliphatic rings. The molecule has 2 aromatic heterocycles. The van der Waals surface area contributed by atoms with E-state index in [1.807, 2.05) is 62.4 Å². The van der Waals surface area contributed by atoms with Crippen molar-refractivity contribution < 1.29 is 4.79 Å². The molecule has 1 N–H and O–H groups in total. The molecular formula is C32H37N5O. The number of anilines is 1. The van der Waals surface area contributed by atoms with Gasteiger partial charge < -0.3 is 24.3 Å². The minimum Gasteiger partial charge on any atom is -0.373 e. The van der Waals surface area contributed by atoms with Crippen LogP contribution >= 0.6 is 0 Å². The summed E-state index contributed by atoms with van der Waals surface area (Å²) >= 11 is 0. The fourth-order valence-electron chi connectivity index (χ4n) is 5.17. The summed E-state index contributed by atoms with van der Waals surface area (Å²) in [5, 5.41) is 5.55. The Morgan fingerprint density at radius 2 is 1.47 bits per heavy atom. The van der Waals surface area contributed by atoms with E-state index in [2.05, 4.69) is 88.6 Å². The number of hydrogen-bond donors (Lipinski definition) is 1. The number of benzene rings is 3. The van der Waals surface area contributed by atoms with Crippen LogP contribution in [0.5, 0.6) is 0 Å². The molecule has 6 rings (SSSR count). The van der Waals surface area contributed by atoms with Crippen LogP contribution in [-0.2, 0) is 20.6 Å². The standard InChI is InChI=1S/2C11H14N2.C10H9NO/c2*1-12-7-9-8-13(2)11-6-4-3-5-10(9)11;1-11-6-8(7-12)9-4-2-3-5-10(9)11/h3-6,8,12H,7H2,1-2H3;3-7,9H,8H2,1-2H3;2-7H,1H3. The smallest absolute Gasteiger partial charge is 0.152 e. The number of para-hydroxylation sites is 3. The number of aryl methyl sites for hydroxylation is 2. The highest BCUT2D eigenvalue weighted by atomic mass is 16.1. The molecule has 0 saturated heterocycles. The van der Waals surface area contributed by atoms with Crippen molar-refractivity contribution in [2.75, 3.05) is 32.6 Å². The van der Waals surface area contributed by atoms with E-state index in [1.54, 1.807) is 0 Å². The Labute approximate surface area is 225 Å². The maximum atomic E-state index is 10.6. The third-order valence-corrected chi connectivity index (χ3v) is 6.95. The van der Waals surface area contributed by atoms with Crippen molar-refractivity contribution in [3.63, 3.8) is 0 Å². The molecule has 3 aromatic carbocycles. The molecule has 0 spiro atoms. The van der Waals surface area contributed by atoms with Crippen LogP contribution in [0.15, 0.2) is 90.2 Å². The molecule has 1 unspecified atom stereocenters. The van der Waals surface area contributed by atoms with E-state index in [1.165, 1.54) is 27.7 Å². The lowest BCUT2D eigenvalue weighted by Gasteiger charge is -2.10. The summed E-state index contributed by atoms with van der Waals surface area (Å²) < 4.78 is 4.13. The van der Waals surface area contributed by atoms with Gasteiger partial charge in [0.05, 0.1) is 0 Å². The minimum atomic E-state index is 0.478. The Bertz CT molecular complexity index is 1540. The first-order chi connectivity index (χ1) is 18.5. The number of likely N-dealkylation sites (N-methyl/N-ethyl adjacent to an activating group) is 1. The van der Waals surface area contributed by atoms with Crippen molar-refractivity contribution in [2.24, 2.45) is 19.1 Å². The molecule has 0 amide bonds. The van der Waals surface area contributed by atoms with Gasteiger partial charge in [-0.1, -0.05) is 54.6 Å². The maximum absolute atomic E-state index is 10.6. The second-order valence-corrected chi connectivity index (χ2v) is 9.60. The Kier molecular flexibility index (Phi) is 8.77. The average Bonchev–Trinajstić information content (AvgIpc) is 3.57. The summed E-state index contributed by atoms with van der Waals surface area (Å²) in [5.74, 6) is 0.478. The molecule has 0 bridgehead atoms. The van der Waals surface area contributed by atoms with Crippen molar-refractivity contribution in [1.29, 1.82) is 0 Å². The molecule has 0 aliphatic carbocycles. The molecule has 3 heterocycles. The fraction of sp³-hybridized carbons (Fsp3) is 0.250. The van der Waals surface area contributed by atoms with Crippen molar-refractivity contribution >= 4 is 40.0 Å². The van der Waals surface area contributed by atoms with E-state index < -0.39 is 0 Å². The monoisotopic (exact) mass is 507 g/mol. The van der Waals surface area contributed by atoms with Crippen LogP contribution in [-0.4, -0.2) is 49.3 Å². The molecule has 1 aliphatic heterocycles. The number of carbonyl (C=O) groups excluding carboxylic acids is 1. The predicted octanol–water partition coefficient (Wildman–Crippen LogP) is 5.81. The Hall–Kier alpha value is -4.16. The first-order valence-electron chi connectivity index (χ1n) is 12.9. The van der Waals surface area contributed by atoms with Crippen molar-refractivity contribution in [3.8, 4) is 0 Å². The summed E-state index contributed by atoms with van der Waals surface area (Å²) in [4.78, 5) is 17.0. The Morgan fingerprint density at radius 1 is 0.868 bits per heavy atom. The van der Waals surface area contributed by atoms with Crippen LogP contribution < -0.4 is 10.2 Å². The van der Waals surface area contributed by atoms with Crippen molar-refractivity contribution in [1.82, 2.24) is 14.5 Å². The van der Waals surface area contributed by atoms with Gasteiger partial charge in [-0.3, -0.25) is 4.79 Å². The SMILES string of the molecule is CN=CC1CN(C)c2ccccc21.CNCc1cn(C)c2ccccc12.Cn1cc(C=O)c2ccccc21. The zero-order chi connectivity index (χ0) is 27.1. The third kappa shape index (κ3) is 5.71. The normalized spacial score (nSPS) is 14.2. The summed E-state index contributed by atoms with van der Waals surface area (Å²) in [6, 6.07) is 24.9. The number of aliphatic imine (C=N–C) groups is 1. The van der Waals surface area contributed by atoms with E-state index in [4.69, 9.17) is 0 Å². The number of aldehydes is 1.